The summed E-state index contributed by atoms with van der Waals surface area (Å²) in [5.41, 5.74) is 0.522. The number of nitriles is 1. The van der Waals surface area contributed by atoms with Crippen molar-refractivity contribution in [3.63, 3.8) is 0 Å². The standard InChI is InChI=1S/C12H15N3OS.ClH/c13-8-11-3-6-15-12(7-11)17(16)9-10-1-4-14-5-2-10;/h3,6-7,10,14H,1-2,4-5,9H2;1H. The molecule has 0 radical (unpaired) electrons. The second-order valence-corrected chi connectivity index (χ2v) is 5.64. The maximum absolute atomic E-state index is 12.1. The molecule has 18 heavy (non-hydrogen) atoms. The Morgan fingerprint density at radius 1 is 1.50 bits per heavy atom. The molecule has 0 saturated carbocycles. The number of hydrogen-bond acceptors (Lipinski definition) is 4. The Morgan fingerprint density at radius 3 is 2.89 bits per heavy atom. The predicted octanol–water partition coefficient (Wildman–Crippen LogP) is 1.48. The van der Waals surface area contributed by atoms with Gasteiger partial charge in [-0.3, -0.25) is 4.21 Å². The van der Waals surface area contributed by atoms with Gasteiger partial charge >= 0.3 is 0 Å². The van der Waals surface area contributed by atoms with Crippen LogP contribution < -0.4 is 5.32 Å². The SMILES string of the molecule is Cl.N#Cc1ccnc(S(=O)CC2CCNCC2)c1. The molecule has 1 N–H and O–H groups in total. The van der Waals surface area contributed by atoms with E-state index in [-0.39, 0.29) is 12.4 Å². The minimum Gasteiger partial charge on any atom is -0.317 e. The van der Waals surface area contributed by atoms with E-state index in [1.807, 2.05) is 6.07 Å². The van der Waals surface area contributed by atoms with E-state index in [0.29, 0.717) is 22.3 Å². The summed E-state index contributed by atoms with van der Waals surface area (Å²) >= 11 is 0. The van der Waals surface area contributed by atoms with Gasteiger partial charge in [0.05, 0.1) is 22.4 Å². The summed E-state index contributed by atoms with van der Waals surface area (Å²) in [5.74, 6) is 1.16. The summed E-state index contributed by atoms with van der Waals surface area (Å²) < 4.78 is 12.1. The zero-order valence-electron chi connectivity index (χ0n) is 9.96. The zero-order chi connectivity index (χ0) is 12.1. The molecule has 0 bridgehead atoms. The largest absolute Gasteiger partial charge is 0.317 e. The highest BCUT2D eigenvalue weighted by Crippen LogP contribution is 2.16. The molecule has 6 heteroatoms. The Hall–Kier alpha value is -0.960. The molecule has 1 aliphatic rings. The monoisotopic (exact) mass is 285 g/mol. The Balaban J connectivity index is 0.00000162. The first-order chi connectivity index (χ1) is 8.29. The van der Waals surface area contributed by atoms with Crippen molar-refractivity contribution in [2.24, 2.45) is 5.92 Å². The quantitative estimate of drug-likeness (QED) is 0.914. The first-order valence-electron chi connectivity index (χ1n) is 5.75. The van der Waals surface area contributed by atoms with Crippen molar-refractivity contribution in [3.8, 4) is 6.07 Å². The Kier molecular flexibility index (Phi) is 6.27. The molecule has 1 atom stereocenters. The molecule has 1 aromatic heterocycles. The van der Waals surface area contributed by atoms with E-state index in [4.69, 9.17) is 5.26 Å². The van der Waals surface area contributed by atoms with E-state index in [9.17, 15) is 4.21 Å². The fourth-order valence-corrected chi connectivity index (χ4v) is 3.32. The Labute approximate surface area is 116 Å². The van der Waals surface area contributed by atoms with Crippen LogP contribution in [-0.2, 0) is 10.8 Å². The third kappa shape index (κ3) is 4.05. The molecule has 0 amide bonds. The molecule has 2 rings (SSSR count). The molecule has 1 aliphatic heterocycles. The minimum absolute atomic E-state index is 0. The number of rotatable bonds is 3. The van der Waals surface area contributed by atoms with E-state index in [1.165, 1.54) is 0 Å². The summed E-state index contributed by atoms with van der Waals surface area (Å²) in [6.45, 7) is 2.01. The van der Waals surface area contributed by atoms with Gasteiger partial charge in [-0.05, 0) is 44.0 Å². The second kappa shape index (κ2) is 7.47. The van der Waals surface area contributed by atoms with Gasteiger partial charge in [0.1, 0.15) is 5.03 Å². The number of hydrogen-bond donors (Lipinski definition) is 1. The van der Waals surface area contributed by atoms with Crippen molar-refractivity contribution in [2.75, 3.05) is 18.8 Å². The van der Waals surface area contributed by atoms with Crippen LogP contribution in [0.4, 0.5) is 0 Å². The van der Waals surface area contributed by atoms with Crippen molar-refractivity contribution >= 4 is 23.2 Å². The van der Waals surface area contributed by atoms with Crippen molar-refractivity contribution < 1.29 is 4.21 Å². The van der Waals surface area contributed by atoms with Crippen molar-refractivity contribution in [3.05, 3.63) is 23.9 Å². The average Bonchev–Trinajstić information content (AvgIpc) is 2.40. The molecule has 0 aliphatic carbocycles. The number of halogens is 1. The molecule has 1 fully saturated rings. The van der Waals surface area contributed by atoms with E-state index >= 15 is 0 Å². The Morgan fingerprint density at radius 2 is 2.22 bits per heavy atom. The minimum atomic E-state index is -1.08. The summed E-state index contributed by atoms with van der Waals surface area (Å²) in [6, 6.07) is 5.29. The van der Waals surface area contributed by atoms with Gasteiger partial charge in [0.25, 0.3) is 0 Å². The molecule has 2 heterocycles. The normalized spacial score (nSPS) is 17.5. The fraction of sp³-hybridized carbons (Fsp3) is 0.500. The number of nitrogens with zero attached hydrogens (tertiary/aromatic N) is 2. The summed E-state index contributed by atoms with van der Waals surface area (Å²) in [4.78, 5) is 4.09. The lowest BCUT2D eigenvalue weighted by Crippen LogP contribution is -2.30. The van der Waals surface area contributed by atoms with E-state index < -0.39 is 10.8 Å². The van der Waals surface area contributed by atoms with Crippen LogP contribution in [0.1, 0.15) is 18.4 Å². The van der Waals surface area contributed by atoms with Crippen LogP contribution in [0.2, 0.25) is 0 Å². The topological polar surface area (TPSA) is 65.8 Å². The molecular formula is C12H16ClN3OS. The van der Waals surface area contributed by atoms with Crippen LogP contribution in [0, 0.1) is 17.2 Å². The third-order valence-electron chi connectivity index (χ3n) is 2.94. The first-order valence-corrected chi connectivity index (χ1v) is 7.07. The van der Waals surface area contributed by atoms with Crippen LogP contribution in [0.5, 0.6) is 0 Å². The van der Waals surface area contributed by atoms with Gasteiger partial charge in [-0.25, -0.2) is 4.98 Å². The summed E-state index contributed by atoms with van der Waals surface area (Å²) in [7, 11) is -1.08. The average molecular weight is 286 g/mol. The van der Waals surface area contributed by atoms with Crippen molar-refractivity contribution in [2.45, 2.75) is 17.9 Å². The first kappa shape index (κ1) is 15.1. The second-order valence-electron chi connectivity index (χ2n) is 4.20. The van der Waals surface area contributed by atoms with Crippen LogP contribution in [0.3, 0.4) is 0 Å². The summed E-state index contributed by atoms with van der Waals surface area (Å²) in [5, 5.41) is 12.6. The van der Waals surface area contributed by atoms with Gasteiger partial charge in [-0.1, -0.05) is 0 Å². The molecular weight excluding hydrogens is 270 g/mol. The van der Waals surface area contributed by atoms with Crippen LogP contribution in [0.15, 0.2) is 23.4 Å². The zero-order valence-corrected chi connectivity index (χ0v) is 11.6. The van der Waals surface area contributed by atoms with E-state index in [1.54, 1.807) is 18.3 Å². The molecule has 0 spiro atoms. The van der Waals surface area contributed by atoms with Crippen molar-refractivity contribution in [1.29, 1.82) is 5.26 Å². The van der Waals surface area contributed by atoms with Crippen molar-refractivity contribution in [1.82, 2.24) is 10.3 Å². The van der Waals surface area contributed by atoms with Crippen LogP contribution >= 0.6 is 12.4 Å². The maximum Gasteiger partial charge on any atom is 0.128 e. The van der Waals surface area contributed by atoms with Gasteiger partial charge in [0.15, 0.2) is 0 Å². The summed E-state index contributed by atoms with van der Waals surface area (Å²) in [6.07, 6.45) is 3.70. The molecule has 1 saturated heterocycles. The van der Waals surface area contributed by atoms with Gasteiger partial charge in [-0.2, -0.15) is 5.26 Å². The third-order valence-corrected chi connectivity index (χ3v) is 4.41. The van der Waals surface area contributed by atoms with Gasteiger partial charge in [0.2, 0.25) is 0 Å². The lowest BCUT2D eigenvalue weighted by Gasteiger charge is -2.21. The van der Waals surface area contributed by atoms with E-state index in [2.05, 4.69) is 10.3 Å². The highest BCUT2D eigenvalue weighted by atomic mass is 35.5. The van der Waals surface area contributed by atoms with Crippen LogP contribution in [-0.4, -0.2) is 28.0 Å². The highest BCUT2D eigenvalue weighted by Gasteiger charge is 2.17. The number of pyridine rings is 1. The van der Waals surface area contributed by atoms with Gasteiger partial charge in [-0.15, -0.1) is 12.4 Å². The van der Waals surface area contributed by atoms with Gasteiger partial charge < -0.3 is 5.32 Å². The smallest absolute Gasteiger partial charge is 0.128 e. The maximum atomic E-state index is 12.1. The number of nitrogens with one attached hydrogen (secondary N) is 1. The van der Waals surface area contributed by atoms with Gasteiger partial charge in [0, 0.05) is 11.9 Å². The number of aromatic nitrogens is 1. The molecule has 98 valence electrons. The fourth-order valence-electron chi connectivity index (χ4n) is 1.95. The lowest BCUT2D eigenvalue weighted by molar-refractivity contribution is 0.405. The molecule has 1 aromatic rings. The predicted molar refractivity (Wildman–Crippen MR) is 73.1 cm³/mol. The highest BCUT2D eigenvalue weighted by molar-refractivity contribution is 7.84. The molecule has 1 unspecified atom stereocenters. The lowest BCUT2D eigenvalue weighted by atomic mass is 10.0. The molecule has 0 aromatic carbocycles. The van der Waals surface area contributed by atoms with Crippen LogP contribution in [0.25, 0.3) is 0 Å². The number of piperidine rings is 1. The Bertz CT molecular complexity index is 455. The molecule has 4 nitrogen and oxygen atoms in total. The van der Waals surface area contributed by atoms with E-state index in [0.717, 1.165) is 25.9 Å².